The predicted octanol–water partition coefficient (Wildman–Crippen LogP) is 9.83. The minimum absolute atomic E-state index is 0.0312. The van der Waals surface area contributed by atoms with Crippen LogP contribution in [0.25, 0.3) is 21.9 Å². The lowest BCUT2D eigenvalue weighted by atomic mass is 10.0. The van der Waals surface area contributed by atoms with Gasteiger partial charge in [-0.3, -0.25) is 27.6 Å². The summed E-state index contributed by atoms with van der Waals surface area (Å²) in [4.78, 5) is 11.5. The zero-order valence-corrected chi connectivity index (χ0v) is 44.1. The molecule has 34 heteroatoms. The summed E-state index contributed by atoms with van der Waals surface area (Å²) in [5, 5.41) is 43.4. The van der Waals surface area contributed by atoms with Gasteiger partial charge < -0.3 is 16.0 Å². The number of carbonyl (C=O) groups is 1. The van der Waals surface area contributed by atoms with E-state index in [1.165, 1.54) is 50.2 Å². The molecule has 0 radical (unpaired) electrons. The molecule has 392 valence electrons. The highest BCUT2D eigenvalue weighted by atomic mass is 35.5. The van der Waals surface area contributed by atoms with Crippen molar-refractivity contribution in [3.63, 3.8) is 0 Å². The van der Waals surface area contributed by atoms with Crippen LogP contribution < -0.4 is 16.0 Å². The Morgan fingerprint density at radius 2 is 1.12 bits per heavy atom. The second-order valence-electron chi connectivity index (χ2n) is 15.4. The van der Waals surface area contributed by atoms with E-state index in [1.54, 1.807) is 0 Å². The molecule has 0 bridgehead atoms. The van der Waals surface area contributed by atoms with Crippen LogP contribution >= 0.6 is 34.5 Å². The number of aromatic nitrogens is 1. The lowest BCUT2D eigenvalue weighted by molar-refractivity contribution is -0.114. The van der Waals surface area contributed by atoms with E-state index in [9.17, 15) is 80.2 Å². The van der Waals surface area contributed by atoms with Gasteiger partial charge in [0.1, 0.15) is 48.0 Å². The molecule has 0 fully saturated rings. The second-order valence-corrected chi connectivity index (χ2v) is 24.2. The molecule has 26 nitrogen and oxygen atoms in total. The zero-order chi connectivity index (χ0) is 56.0. The van der Waals surface area contributed by atoms with E-state index in [4.69, 9.17) is 23.2 Å². The molecule has 5 aromatic carbocycles. The van der Waals surface area contributed by atoms with Crippen LogP contribution in [0.1, 0.15) is 23.6 Å². The molecule has 0 aliphatic rings. The summed E-state index contributed by atoms with van der Waals surface area (Å²) in [6, 6.07) is 18.7. The van der Waals surface area contributed by atoms with Crippen LogP contribution in [-0.4, -0.2) is 75.7 Å². The molecule has 0 aliphatic carbocycles. The molecule has 76 heavy (non-hydrogen) atoms. The molecule has 0 unspecified atom stereocenters. The number of rotatable bonds is 15. The number of nitrogens with zero attached hydrogens (tertiary/aromatic N) is 7. The SMILES string of the molecule is CC(=O)Nc1cccc(-c2c(/N=N/c3cc(S(=O)(=O)O)c4cc(S(=O)(=O)O)cc(S(=O)(=O)O)c4c3)sc(N=Nc3c(Nc4ccc(Cl)c(S(=O)(=O)O)c4)nc(Nc4ccc(Cl)c(S(=O)(=O)O)c4)c(C#N)c3C)c2C#N)c1. The molecule has 1 amide bonds. The number of benzene rings is 5. The van der Waals surface area contributed by atoms with E-state index in [0.29, 0.717) is 29.5 Å². The van der Waals surface area contributed by atoms with Crippen molar-refractivity contribution in [1.29, 1.82) is 10.5 Å². The average Bonchev–Trinajstić information content (AvgIpc) is 3.67. The molecular formula is C42H28Cl2N10O16S6. The van der Waals surface area contributed by atoms with Crippen molar-refractivity contribution in [2.24, 2.45) is 20.5 Å². The van der Waals surface area contributed by atoms with E-state index >= 15 is 0 Å². The van der Waals surface area contributed by atoms with E-state index in [2.05, 4.69) is 41.4 Å². The first kappa shape index (κ1) is 56.3. The first-order valence-corrected chi connectivity index (χ1v) is 28.9. The fraction of sp³-hybridized carbons (Fsp3) is 0.0476. The van der Waals surface area contributed by atoms with Crippen LogP contribution in [0.15, 0.2) is 130 Å². The van der Waals surface area contributed by atoms with E-state index < -0.39 is 97.4 Å². The highest BCUT2D eigenvalue weighted by molar-refractivity contribution is 7.87. The standard InChI is InChI=1S/C42H28Cl2N10O16S6/c1-19-29(17-45)39(48-23-6-8-31(43)35(12-23)75(65,66)67)50-40(49-24-7-9-32(44)36(13-24)76(68,69)70)38(19)52-53-41-30(18-46)37(21-4-3-5-22(10-21)47-20(2)55)42(71-41)54-51-25-11-27-28(33(14-25)73(59,60)61)15-26(72(56,57)58)16-34(27)74(62,63)64/h3-16H,1-2H3,(H,47,55)(H2,48,49,50)(H,56,57,58)(H,59,60,61)(H,62,63,64)(H,65,66,67)(H,68,69,70)/b53-52?,54-51+. The molecule has 0 atom stereocenters. The van der Waals surface area contributed by atoms with Crippen molar-refractivity contribution in [2.75, 3.05) is 16.0 Å². The van der Waals surface area contributed by atoms with Gasteiger partial charge in [0.25, 0.3) is 50.6 Å². The van der Waals surface area contributed by atoms with Gasteiger partial charge in [-0.15, -0.1) is 20.5 Å². The topological polar surface area (TPSA) is 435 Å². The Kier molecular flexibility index (Phi) is 15.5. The monoisotopic (exact) mass is 1190 g/mol. The predicted molar refractivity (Wildman–Crippen MR) is 273 cm³/mol. The summed E-state index contributed by atoms with van der Waals surface area (Å²) in [6.07, 6.45) is 0. The van der Waals surface area contributed by atoms with Crippen molar-refractivity contribution in [3.8, 4) is 23.3 Å². The average molecular weight is 1190 g/mol. The molecule has 0 aliphatic heterocycles. The maximum atomic E-state index is 12.7. The molecule has 0 saturated heterocycles. The summed E-state index contributed by atoms with van der Waals surface area (Å²) in [7, 11) is -25.9. The fourth-order valence-corrected chi connectivity index (χ4v) is 12.0. The van der Waals surface area contributed by atoms with Crippen LogP contribution in [0.4, 0.5) is 50.1 Å². The highest BCUT2D eigenvalue weighted by Crippen LogP contribution is 2.49. The first-order chi connectivity index (χ1) is 35.3. The molecular weight excluding hydrogens is 1160 g/mol. The summed E-state index contributed by atoms with van der Waals surface area (Å²) < 4.78 is 173. The molecule has 7 rings (SSSR count). The largest absolute Gasteiger partial charge is 0.339 e. The number of nitriles is 2. The van der Waals surface area contributed by atoms with E-state index in [1.807, 2.05) is 12.1 Å². The van der Waals surface area contributed by atoms with Gasteiger partial charge in [-0.2, -0.15) is 52.6 Å². The lowest BCUT2D eigenvalue weighted by Crippen LogP contribution is -2.07. The number of amides is 1. The van der Waals surface area contributed by atoms with Gasteiger partial charge in [0, 0.05) is 45.9 Å². The molecule has 8 N–H and O–H groups in total. The number of nitrogens with one attached hydrogen (secondary N) is 3. The number of anilines is 5. The Bertz CT molecular complexity index is 4410. The summed E-state index contributed by atoms with van der Waals surface area (Å²) in [5.41, 5.74) is -1.31. The van der Waals surface area contributed by atoms with Gasteiger partial charge in [-0.1, -0.05) is 46.7 Å². The minimum Gasteiger partial charge on any atom is -0.339 e. The van der Waals surface area contributed by atoms with Crippen molar-refractivity contribution in [1.82, 2.24) is 4.98 Å². The number of hydrogen-bond donors (Lipinski definition) is 8. The smallest absolute Gasteiger partial charge is 0.296 e. The van der Waals surface area contributed by atoms with Crippen molar-refractivity contribution in [3.05, 3.63) is 112 Å². The van der Waals surface area contributed by atoms with Gasteiger partial charge in [0.15, 0.2) is 16.6 Å². The van der Waals surface area contributed by atoms with Gasteiger partial charge in [-0.25, -0.2) is 4.98 Å². The van der Waals surface area contributed by atoms with Gasteiger partial charge in [0.05, 0.1) is 26.2 Å². The molecule has 0 saturated carbocycles. The quantitative estimate of drug-likeness (QED) is 0.0349. The van der Waals surface area contributed by atoms with Crippen molar-refractivity contribution in [2.45, 2.75) is 38.3 Å². The molecule has 0 spiro atoms. The minimum atomic E-state index is -5.43. The van der Waals surface area contributed by atoms with Crippen LogP contribution in [-0.2, 0) is 55.4 Å². The summed E-state index contributed by atoms with van der Waals surface area (Å²) in [6.45, 7) is 2.58. The maximum Gasteiger partial charge on any atom is 0.296 e. The van der Waals surface area contributed by atoms with Crippen LogP contribution in [0.2, 0.25) is 10.0 Å². The Balaban J connectivity index is 1.46. The number of azo groups is 2. The van der Waals surface area contributed by atoms with Gasteiger partial charge in [0.2, 0.25) is 5.91 Å². The van der Waals surface area contributed by atoms with Crippen molar-refractivity contribution >= 4 is 152 Å². The third kappa shape index (κ3) is 12.3. The number of thiophene rings is 1. The number of pyridine rings is 1. The van der Waals surface area contributed by atoms with Crippen LogP contribution in [0.3, 0.4) is 0 Å². The Morgan fingerprint density at radius 1 is 0.592 bits per heavy atom. The van der Waals surface area contributed by atoms with E-state index in [0.717, 1.165) is 30.3 Å². The van der Waals surface area contributed by atoms with Crippen molar-refractivity contribution < 1.29 is 69.6 Å². The van der Waals surface area contributed by atoms with Crippen LogP contribution in [0, 0.1) is 29.6 Å². The number of fused-ring (bicyclic) bond motifs is 1. The maximum absolute atomic E-state index is 12.7. The lowest BCUT2D eigenvalue weighted by Gasteiger charge is -2.16. The summed E-state index contributed by atoms with van der Waals surface area (Å²) in [5.74, 6) is -1.11. The number of hydrogen-bond acceptors (Lipinski definition) is 21. The normalized spacial score (nSPS) is 12.5. The first-order valence-electron chi connectivity index (χ1n) is 20.1. The van der Waals surface area contributed by atoms with Gasteiger partial charge >= 0.3 is 0 Å². The number of carbonyl (C=O) groups excluding carboxylic acids is 1. The highest BCUT2D eigenvalue weighted by Gasteiger charge is 2.28. The zero-order valence-electron chi connectivity index (χ0n) is 37.6. The Labute approximate surface area is 443 Å². The molecule has 2 heterocycles. The third-order valence-electron chi connectivity index (χ3n) is 10.2. The Hall–Kier alpha value is -7.41. The molecule has 2 aromatic heterocycles. The van der Waals surface area contributed by atoms with Crippen LogP contribution in [0.5, 0.6) is 0 Å². The third-order valence-corrected chi connectivity index (χ3v) is 16.5. The fourth-order valence-electron chi connectivity index (χ4n) is 7.03. The Morgan fingerprint density at radius 3 is 1.64 bits per heavy atom. The molecule has 7 aromatic rings. The van der Waals surface area contributed by atoms with E-state index in [-0.39, 0.29) is 82.2 Å². The van der Waals surface area contributed by atoms with Gasteiger partial charge in [-0.05, 0) is 85.3 Å². The number of halogens is 2. The second kappa shape index (κ2) is 21.0. The summed E-state index contributed by atoms with van der Waals surface area (Å²) >= 11 is 12.6.